The maximum absolute atomic E-state index is 12.6. The van der Waals surface area contributed by atoms with Gasteiger partial charge in [0.05, 0.1) is 40.7 Å². The molecule has 2 aliphatic rings. The quantitative estimate of drug-likeness (QED) is 0.517. The molecule has 4 rings (SSSR count). The molecule has 12 heteroatoms. The van der Waals surface area contributed by atoms with Crippen LogP contribution in [-0.2, 0) is 9.84 Å². The Balaban J connectivity index is 1.45. The molecule has 1 atom stereocenters. The first-order chi connectivity index (χ1) is 14.2. The molecule has 2 aliphatic heterocycles. The minimum Gasteiger partial charge on any atom is -0.395 e. The first-order valence-corrected chi connectivity index (χ1v) is 11.5. The number of hydrogen-bond donors (Lipinski definition) is 0. The van der Waals surface area contributed by atoms with E-state index in [-0.39, 0.29) is 29.2 Å². The molecule has 30 heavy (non-hydrogen) atoms. The first-order valence-electron chi connectivity index (χ1n) is 9.71. The first kappa shape index (κ1) is 20.4. The van der Waals surface area contributed by atoms with E-state index in [9.17, 15) is 23.3 Å². The second-order valence-corrected chi connectivity index (χ2v) is 9.92. The summed E-state index contributed by atoms with van der Waals surface area (Å²) < 4.78 is 30.5. The molecular formula is C18H23N5O6S. The van der Waals surface area contributed by atoms with Gasteiger partial charge in [0.15, 0.2) is 15.6 Å². The van der Waals surface area contributed by atoms with Crippen molar-refractivity contribution in [3.8, 4) is 0 Å². The third kappa shape index (κ3) is 3.66. The van der Waals surface area contributed by atoms with Gasteiger partial charge >= 0.3 is 5.88 Å². The molecule has 0 bridgehead atoms. The molecule has 162 valence electrons. The largest absolute Gasteiger partial charge is 0.433 e. The van der Waals surface area contributed by atoms with Crippen LogP contribution >= 0.6 is 0 Å². The van der Waals surface area contributed by atoms with Crippen molar-refractivity contribution >= 4 is 27.3 Å². The molecule has 0 aliphatic carbocycles. The maximum Gasteiger partial charge on any atom is 0.433 e. The average Bonchev–Trinajstić information content (AvgIpc) is 3.39. The van der Waals surface area contributed by atoms with Crippen molar-refractivity contribution in [3.63, 3.8) is 0 Å². The predicted molar refractivity (Wildman–Crippen MR) is 107 cm³/mol. The lowest BCUT2D eigenvalue weighted by atomic mass is 10.2. The number of aryl methyl sites for hydroxylation is 1. The van der Waals surface area contributed by atoms with Crippen molar-refractivity contribution in [1.29, 1.82) is 0 Å². The van der Waals surface area contributed by atoms with Crippen molar-refractivity contribution < 1.29 is 22.6 Å². The number of sulfone groups is 1. The molecule has 0 N–H and O–H groups in total. The van der Waals surface area contributed by atoms with Gasteiger partial charge in [-0.15, -0.1) is 0 Å². The standard InChI is InChI=1S/C18H23N5O6S/c1-12-17(13(2)22(19-12)14-5-10-30(27,28)11-14)20-6-8-21(9-7-20)18(24)15-3-4-16(29-15)23(25)26/h3-4,14H,5-11H2,1-2H3. The number of furan rings is 1. The molecule has 1 amide bonds. The van der Waals surface area contributed by atoms with Crippen LogP contribution in [0.4, 0.5) is 11.6 Å². The van der Waals surface area contributed by atoms with E-state index in [1.165, 1.54) is 12.1 Å². The van der Waals surface area contributed by atoms with Crippen molar-refractivity contribution in [3.05, 3.63) is 39.4 Å². The van der Waals surface area contributed by atoms with Gasteiger partial charge in [-0.1, -0.05) is 0 Å². The molecule has 1 unspecified atom stereocenters. The number of aromatic nitrogens is 2. The molecule has 2 aromatic heterocycles. The smallest absolute Gasteiger partial charge is 0.395 e. The zero-order valence-electron chi connectivity index (χ0n) is 16.8. The number of nitrogens with zero attached hydrogens (tertiary/aromatic N) is 5. The van der Waals surface area contributed by atoms with Crippen molar-refractivity contribution in [2.75, 3.05) is 42.6 Å². The minimum absolute atomic E-state index is 0.0437. The molecule has 0 aromatic carbocycles. The van der Waals surface area contributed by atoms with Gasteiger partial charge in [-0.3, -0.25) is 19.6 Å². The molecule has 4 heterocycles. The zero-order chi connectivity index (χ0) is 21.6. The number of carbonyl (C=O) groups is 1. The van der Waals surface area contributed by atoms with Crippen LogP contribution < -0.4 is 4.90 Å². The van der Waals surface area contributed by atoms with Gasteiger partial charge in [0, 0.05) is 26.2 Å². The monoisotopic (exact) mass is 437 g/mol. The van der Waals surface area contributed by atoms with Gasteiger partial charge in [0.1, 0.15) is 4.92 Å². The Kier molecular flexibility index (Phi) is 5.04. The topological polar surface area (TPSA) is 132 Å². The Labute approximate surface area is 173 Å². The Morgan fingerprint density at radius 2 is 1.93 bits per heavy atom. The fourth-order valence-electron chi connectivity index (χ4n) is 4.27. The number of amides is 1. The number of anilines is 1. The van der Waals surface area contributed by atoms with Gasteiger partial charge in [-0.25, -0.2) is 8.42 Å². The average molecular weight is 437 g/mol. The fourth-order valence-corrected chi connectivity index (χ4v) is 5.96. The van der Waals surface area contributed by atoms with Crippen molar-refractivity contribution in [2.45, 2.75) is 26.3 Å². The van der Waals surface area contributed by atoms with E-state index in [0.29, 0.717) is 32.6 Å². The van der Waals surface area contributed by atoms with Gasteiger partial charge in [0.25, 0.3) is 5.91 Å². The summed E-state index contributed by atoms with van der Waals surface area (Å²) in [7, 11) is -3.01. The lowest BCUT2D eigenvalue weighted by Gasteiger charge is -2.35. The highest BCUT2D eigenvalue weighted by Gasteiger charge is 2.33. The second-order valence-electron chi connectivity index (χ2n) is 7.70. The highest BCUT2D eigenvalue weighted by Crippen LogP contribution is 2.32. The van der Waals surface area contributed by atoms with Crippen LogP contribution in [-0.4, -0.2) is 71.6 Å². The summed E-state index contributed by atoms with van der Waals surface area (Å²) in [5.74, 6) is -0.561. The molecular weight excluding hydrogens is 414 g/mol. The summed E-state index contributed by atoms with van der Waals surface area (Å²) in [6.07, 6.45) is 0.571. The summed E-state index contributed by atoms with van der Waals surface area (Å²) in [4.78, 5) is 26.4. The summed E-state index contributed by atoms with van der Waals surface area (Å²) in [5, 5.41) is 15.4. The lowest BCUT2D eigenvalue weighted by molar-refractivity contribution is -0.402. The van der Waals surface area contributed by atoms with E-state index < -0.39 is 20.6 Å². The third-order valence-electron chi connectivity index (χ3n) is 5.71. The third-order valence-corrected chi connectivity index (χ3v) is 7.46. The van der Waals surface area contributed by atoms with Crippen LogP contribution in [0.2, 0.25) is 0 Å². The van der Waals surface area contributed by atoms with Crippen LogP contribution in [0, 0.1) is 24.0 Å². The predicted octanol–water partition coefficient (Wildman–Crippen LogP) is 1.32. The Hall–Kier alpha value is -2.89. The number of rotatable bonds is 4. The van der Waals surface area contributed by atoms with Crippen LogP contribution in [0.1, 0.15) is 34.4 Å². The van der Waals surface area contributed by atoms with Crippen LogP contribution in [0.3, 0.4) is 0 Å². The Morgan fingerprint density at radius 3 is 2.50 bits per heavy atom. The summed E-state index contributed by atoms with van der Waals surface area (Å²) in [6, 6.07) is 2.36. The second kappa shape index (κ2) is 7.42. The van der Waals surface area contributed by atoms with Crippen molar-refractivity contribution in [1.82, 2.24) is 14.7 Å². The van der Waals surface area contributed by atoms with Crippen LogP contribution in [0.15, 0.2) is 16.5 Å². The van der Waals surface area contributed by atoms with Crippen LogP contribution in [0.25, 0.3) is 0 Å². The number of nitro groups is 1. The molecule has 0 saturated carbocycles. The minimum atomic E-state index is -3.01. The summed E-state index contributed by atoms with van der Waals surface area (Å²) in [5.41, 5.74) is 2.73. The molecule has 0 radical (unpaired) electrons. The van der Waals surface area contributed by atoms with E-state index in [1.54, 1.807) is 4.90 Å². The van der Waals surface area contributed by atoms with Gasteiger partial charge in [-0.2, -0.15) is 5.10 Å². The highest BCUT2D eigenvalue weighted by molar-refractivity contribution is 7.91. The molecule has 2 aromatic rings. The van der Waals surface area contributed by atoms with Crippen LogP contribution in [0.5, 0.6) is 0 Å². The van der Waals surface area contributed by atoms with Gasteiger partial charge < -0.3 is 14.2 Å². The van der Waals surface area contributed by atoms with E-state index in [0.717, 1.165) is 17.1 Å². The van der Waals surface area contributed by atoms with E-state index in [4.69, 9.17) is 4.42 Å². The number of piperazine rings is 1. The molecule has 2 saturated heterocycles. The maximum atomic E-state index is 12.6. The van der Waals surface area contributed by atoms with E-state index in [1.807, 2.05) is 18.5 Å². The Morgan fingerprint density at radius 1 is 1.23 bits per heavy atom. The fraction of sp³-hybridized carbons (Fsp3) is 0.556. The molecule has 11 nitrogen and oxygen atoms in total. The number of hydrogen-bond acceptors (Lipinski definition) is 8. The lowest BCUT2D eigenvalue weighted by Crippen LogP contribution is -2.49. The van der Waals surface area contributed by atoms with Gasteiger partial charge in [0.2, 0.25) is 0 Å². The van der Waals surface area contributed by atoms with Gasteiger partial charge in [-0.05, 0) is 26.3 Å². The van der Waals surface area contributed by atoms with E-state index >= 15 is 0 Å². The summed E-state index contributed by atoms with van der Waals surface area (Å²) >= 11 is 0. The van der Waals surface area contributed by atoms with E-state index in [2.05, 4.69) is 10.00 Å². The SMILES string of the molecule is Cc1nn(C2CCS(=O)(=O)C2)c(C)c1N1CCN(C(=O)c2ccc([N+](=O)[O-])o2)CC1. The van der Waals surface area contributed by atoms with Crippen molar-refractivity contribution in [2.24, 2.45) is 0 Å². The zero-order valence-corrected chi connectivity index (χ0v) is 17.6. The highest BCUT2D eigenvalue weighted by atomic mass is 32.2. The number of carbonyl (C=O) groups excluding carboxylic acids is 1. The normalized spacial score (nSPS) is 21.2. The molecule has 2 fully saturated rings. The summed E-state index contributed by atoms with van der Waals surface area (Å²) in [6.45, 7) is 5.88. The molecule has 0 spiro atoms. The Bertz CT molecular complexity index is 1100.